The molecule has 9 nitrogen and oxygen atoms in total. The molecule has 2 rings (SSSR count). The number of rotatable bonds is 9. The van der Waals surface area contributed by atoms with Crippen LogP contribution in [0.3, 0.4) is 0 Å². The van der Waals surface area contributed by atoms with E-state index in [4.69, 9.17) is 21.7 Å². The SMILES string of the molecule is C=CCNC(=S)N/N=C/c1ccc(Oc2ccc([N+](=O)[O-])cn2)c(OCC)c1. The van der Waals surface area contributed by atoms with E-state index in [-0.39, 0.29) is 11.6 Å². The third kappa shape index (κ3) is 6.32. The topological polar surface area (TPSA) is 111 Å². The minimum absolute atomic E-state index is 0.114. The lowest BCUT2D eigenvalue weighted by atomic mass is 10.2. The van der Waals surface area contributed by atoms with E-state index in [9.17, 15) is 10.1 Å². The van der Waals surface area contributed by atoms with Crippen molar-refractivity contribution in [2.75, 3.05) is 13.2 Å². The average Bonchev–Trinajstić information content (AvgIpc) is 2.69. The molecule has 1 aromatic carbocycles. The van der Waals surface area contributed by atoms with Gasteiger partial charge in [0.05, 0.1) is 17.7 Å². The maximum Gasteiger partial charge on any atom is 0.287 e. The van der Waals surface area contributed by atoms with Gasteiger partial charge in [-0.15, -0.1) is 6.58 Å². The number of hydrogen-bond donors (Lipinski definition) is 2. The zero-order valence-corrected chi connectivity index (χ0v) is 15.9. The van der Waals surface area contributed by atoms with Crippen molar-refractivity contribution in [3.05, 3.63) is 64.9 Å². The van der Waals surface area contributed by atoms with Crippen LogP contribution in [0, 0.1) is 10.1 Å². The monoisotopic (exact) mass is 401 g/mol. The summed E-state index contributed by atoms with van der Waals surface area (Å²) < 4.78 is 11.3. The highest BCUT2D eigenvalue weighted by Gasteiger charge is 2.10. The van der Waals surface area contributed by atoms with Crippen LogP contribution < -0.4 is 20.2 Å². The zero-order valence-electron chi connectivity index (χ0n) is 15.1. The van der Waals surface area contributed by atoms with Gasteiger partial charge in [0, 0.05) is 18.7 Å². The molecule has 1 aromatic heterocycles. The minimum atomic E-state index is -0.525. The minimum Gasteiger partial charge on any atom is -0.490 e. The lowest BCUT2D eigenvalue weighted by Gasteiger charge is -2.11. The van der Waals surface area contributed by atoms with Crippen molar-refractivity contribution < 1.29 is 14.4 Å². The standard InChI is InChI=1S/C18H19N5O4S/c1-3-9-19-18(28)22-21-11-13-5-7-15(16(10-13)26-4-2)27-17-8-6-14(12-20-17)23(24)25/h3,5-8,10-12H,1,4,9H2,2H3,(H2,19,22,28)/b21-11+. The second-order valence-corrected chi connectivity index (χ2v) is 5.63. The first kappa shape index (κ1) is 20.8. The second kappa shape index (κ2) is 10.6. The number of ether oxygens (including phenoxy) is 2. The molecular formula is C18H19N5O4S. The molecule has 1 heterocycles. The zero-order chi connectivity index (χ0) is 20.4. The van der Waals surface area contributed by atoms with Crippen LogP contribution in [0.2, 0.25) is 0 Å². The molecule has 146 valence electrons. The number of nitro groups is 1. The Labute approximate surface area is 167 Å². The first-order valence-electron chi connectivity index (χ1n) is 8.26. The summed E-state index contributed by atoms with van der Waals surface area (Å²) in [5.41, 5.74) is 3.33. The van der Waals surface area contributed by atoms with Crippen molar-refractivity contribution in [1.82, 2.24) is 15.7 Å². The number of thiocarbonyl (C=S) groups is 1. The van der Waals surface area contributed by atoms with Gasteiger partial charge >= 0.3 is 0 Å². The summed E-state index contributed by atoms with van der Waals surface area (Å²) in [5.74, 6) is 1.13. The molecule has 28 heavy (non-hydrogen) atoms. The van der Waals surface area contributed by atoms with Crippen LogP contribution in [-0.2, 0) is 0 Å². The van der Waals surface area contributed by atoms with Gasteiger partial charge in [0.15, 0.2) is 16.6 Å². The van der Waals surface area contributed by atoms with Crippen LogP contribution in [0.25, 0.3) is 0 Å². The van der Waals surface area contributed by atoms with Crippen LogP contribution in [-0.4, -0.2) is 34.4 Å². The highest BCUT2D eigenvalue weighted by atomic mass is 32.1. The lowest BCUT2D eigenvalue weighted by Crippen LogP contribution is -2.31. The third-order valence-electron chi connectivity index (χ3n) is 3.20. The summed E-state index contributed by atoms with van der Waals surface area (Å²) in [6.45, 7) is 6.41. The van der Waals surface area contributed by atoms with E-state index < -0.39 is 4.92 Å². The Hall–Kier alpha value is -3.53. The molecule has 0 radical (unpaired) electrons. The Morgan fingerprint density at radius 2 is 2.21 bits per heavy atom. The second-order valence-electron chi connectivity index (χ2n) is 5.22. The average molecular weight is 401 g/mol. The normalized spacial score (nSPS) is 10.3. The van der Waals surface area contributed by atoms with Crippen molar-refractivity contribution in [3.63, 3.8) is 0 Å². The summed E-state index contributed by atoms with van der Waals surface area (Å²) in [4.78, 5) is 14.1. The van der Waals surface area contributed by atoms with E-state index in [0.29, 0.717) is 29.8 Å². The van der Waals surface area contributed by atoms with E-state index in [1.165, 1.54) is 12.1 Å². The molecule has 0 saturated heterocycles. The maximum absolute atomic E-state index is 10.7. The summed E-state index contributed by atoms with van der Waals surface area (Å²) >= 11 is 5.04. The first-order chi connectivity index (χ1) is 13.5. The summed E-state index contributed by atoms with van der Waals surface area (Å²) in [6.07, 6.45) is 4.40. The van der Waals surface area contributed by atoms with Gasteiger partial charge in [-0.3, -0.25) is 15.5 Å². The van der Waals surface area contributed by atoms with E-state index in [0.717, 1.165) is 11.8 Å². The molecular weight excluding hydrogens is 382 g/mol. The molecule has 0 bridgehead atoms. The molecule has 0 aliphatic heterocycles. The molecule has 0 saturated carbocycles. The molecule has 10 heteroatoms. The molecule has 0 amide bonds. The predicted molar refractivity (Wildman–Crippen MR) is 110 cm³/mol. The lowest BCUT2D eigenvalue weighted by molar-refractivity contribution is -0.385. The Bertz CT molecular complexity index is 871. The smallest absolute Gasteiger partial charge is 0.287 e. The van der Waals surface area contributed by atoms with Crippen molar-refractivity contribution in [2.24, 2.45) is 5.10 Å². The number of pyridine rings is 1. The molecule has 0 spiro atoms. The van der Waals surface area contributed by atoms with Crippen LogP contribution in [0.1, 0.15) is 12.5 Å². The Morgan fingerprint density at radius 1 is 1.39 bits per heavy atom. The molecule has 2 N–H and O–H groups in total. The van der Waals surface area contributed by atoms with E-state index in [1.54, 1.807) is 30.5 Å². The van der Waals surface area contributed by atoms with Crippen LogP contribution >= 0.6 is 12.2 Å². The first-order valence-corrected chi connectivity index (χ1v) is 8.67. The molecule has 0 aliphatic rings. The van der Waals surface area contributed by atoms with Crippen molar-refractivity contribution >= 4 is 29.2 Å². The number of benzene rings is 1. The fraction of sp³-hybridized carbons (Fsp3) is 0.167. The predicted octanol–water partition coefficient (Wildman–Crippen LogP) is 3.16. The number of nitrogens with zero attached hydrogens (tertiary/aromatic N) is 3. The molecule has 0 unspecified atom stereocenters. The van der Waals surface area contributed by atoms with Gasteiger partial charge in [0.25, 0.3) is 5.69 Å². The van der Waals surface area contributed by atoms with Crippen molar-refractivity contribution in [1.29, 1.82) is 0 Å². The fourth-order valence-electron chi connectivity index (χ4n) is 1.98. The van der Waals surface area contributed by atoms with Gasteiger partial charge in [-0.1, -0.05) is 6.08 Å². The molecule has 0 aliphatic carbocycles. The van der Waals surface area contributed by atoms with Gasteiger partial charge in [0.2, 0.25) is 5.88 Å². The van der Waals surface area contributed by atoms with Gasteiger partial charge in [-0.05, 0) is 42.9 Å². The van der Waals surface area contributed by atoms with Gasteiger partial charge in [-0.2, -0.15) is 5.10 Å². The highest BCUT2D eigenvalue weighted by molar-refractivity contribution is 7.80. The van der Waals surface area contributed by atoms with E-state index in [1.807, 2.05) is 6.92 Å². The molecule has 0 fully saturated rings. The van der Waals surface area contributed by atoms with Crippen LogP contribution in [0.5, 0.6) is 17.4 Å². The summed E-state index contributed by atoms with van der Waals surface area (Å²) in [7, 11) is 0. The van der Waals surface area contributed by atoms with Crippen LogP contribution in [0.4, 0.5) is 5.69 Å². The summed E-state index contributed by atoms with van der Waals surface area (Å²) in [6, 6.07) is 7.96. The molecule has 2 aromatic rings. The van der Waals surface area contributed by atoms with Gasteiger partial charge < -0.3 is 14.8 Å². The summed E-state index contributed by atoms with van der Waals surface area (Å²) in [5, 5.41) is 18.0. The van der Waals surface area contributed by atoms with Crippen LogP contribution in [0.15, 0.2) is 54.3 Å². The van der Waals surface area contributed by atoms with E-state index in [2.05, 4.69) is 27.4 Å². The molecule has 0 atom stereocenters. The third-order valence-corrected chi connectivity index (χ3v) is 3.44. The number of hydrogen-bond acceptors (Lipinski definition) is 7. The Kier molecular flexibility index (Phi) is 7.85. The van der Waals surface area contributed by atoms with Gasteiger partial charge in [-0.25, -0.2) is 4.98 Å². The highest BCUT2D eigenvalue weighted by Crippen LogP contribution is 2.32. The largest absolute Gasteiger partial charge is 0.490 e. The Balaban J connectivity index is 2.10. The maximum atomic E-state index is 10.7. The van der Waals surface area contributed by atoms with Gasteiger partial charge in [0.1, 0.15) is 6.20 Å². The van der Waals surface area contributed by atoms with Crippen molar-refractivity contribution in [2.45, 2.75) is 6.92 Å². The quantitative estimate of drug-likeness (QED) is 0.217. The van der Waals surface area contributed by atoms with E-state index >= 15 is 0 Å². The number of nitrogens with one attached hydrogen (secondary N) is 2. The number of aromatic nitrogens is 1. The van der Waals surface area contributed by atoms with Crippen molar-refractivity contribution in [3.8, 4) is 17.4 Å². The Morgan fingerprint density at radius 3 is 2.86 bits per heavy atom. The fourth-order valence-corrected chi connectivity index (χ4v) is 2.12. The number of hydrazone groups is 1.